The molecule has 0 spiro atoms. The molecular formula is C21H22FNO3S. The Labute approximate surface area is 160 Å². The third-order valence-electron chi connectivity index (χ3n) is 4.55. The molecule has 0 aliphatic carbocycles. The van der Waals surface area contributed by atoms with Crippen molar-refractivity contribution in [3.05, 3.63) is 77.2 Å². The molecule has 1 unspecified atom stereocenters. The van der Waals surface area contributed by atoms with E-state index in [0.717, 1.165) is 40.2 Å². The minimum atomic E-state index is -1.86. The topological polar surface area (TPSA) is 51.5 Å². The van der Waals surface area contributed by atoms with Crippen LogP contribution in [0.3, 0.4) is 0 Å². The van der Waals surface area contributed by atoms with Crippen molar-refractivity contribution in [3.8, 4) is 16.9 Å². The van der Waals surface area contributed by atoms with Crippen LogP contribution in [0.5, 0.6) is 0 Å². The average Bonchev–Trinajstić information content (AvgIpc) is 2.97. The molecule has 0 saturated heterocycles. The van der Waals surface area contributed by atoms with Gasteiger partial charge >= 0.3 is 0 Å². The molecule has 2 aromatic carbocycles. The van der Waals surface area contributed by atoms with Crippen molar-refractivity contribution in [2.45, 2.75) is 19.1 Å². The molecule has 1 heterocycles. The maximum atomic E-state index is 13.4. The van der Waals surface area contributed by atoms with Gasteiger partial charge in [-0.25, -0.2) is 8.60 Å². The maximum Gasteiger partial charge on any atom is 0.157 e. The second-order valence-corrected chi connectivity index (χ2v) is 7.29. The molecule has 1 N–H and O–H groups in total. The van der Waals surface area contributed by atoms with Crippen molar-refractivity contribution < 1.29 is 17.9 Å². The normalized spacial score (nSPS) is 12.3. The van der Waals surface area contributed by atoms with E-state index in [4.69, 9.17) is 9.29 Å². The van der Waals surface area contributed by atoms with Crippen LogP contribution in [0, 0.1) is 12.7 Å². The van der Waals surface area contributed by atoms with Crippen LogP contribution >= 0.6 is 0 Å². The van der Waals surface area contributed by atoms with Crippen molar-refractivity contribution in [2.24, 2.45) is 0 Å². The zero-order valence-corrected chi connectivity index (χ0v) is 16.1. The summed E-state index contributed by atoms with van der Waals surface area (Å²) in [5.74, 6) is -0.164. The van der Waals surface area contributed by atoms with E-state index >= 15 is 0 Å². The summed E-state index contributed by atoms with van der Waals surface area (Å²) in [6, 6.07) is 16.1. The first kappa shape index (κ1) is 19.5. The fraction of sp³-hybridized carbons (Fsp3) is 0.238. The minimum Gasteiger partial charge on any atom is -0.384 e. The van der Waals surface area contributed by atoms with Gasteiger partial charge in [-0.05, 0) is 60.4 Å². The Bertz CT molecular complexity index is 933. The van der Waals surface area contributed by atoms with E-state index in [1.807, 2.05) is 31.2 Å². The molecule has 3 aromatic rings. The summed E-state index contributed by atoms with van der Waals surface area (Å²) in [7, 11) is 1.68. The van der Waals surface area contributed by atoms with E-state index in [1.54, 1.807) is 19.2 Å². The summed E-state index contributed by atoms with van der Waals surface area (Å²) in [5, 5.41) is 0. The van der Waals surface area contributed by atoms with Gasteiger partial charge in [-0.3, -0.25) is 0 Å². The van der Waals surface area contributed by atoms with Crippen LogP contribution in [0.2, 0.25) is 0 Å². The second kappa shape index (κ2) is 8.61. The van der Waals surface area contributed by atoms with E-state index in [-0.39, 0.29) is 11.6 Å². The van der Waals surface area contributed by atoms with Gasteiger partial charge in [0, 0.05) is 18.5 Å². The fourth-order valence-electron chi connectivity index (χ4n) is 3.17. The highest BCUT2D eigenvalue weighted by atomic mass is 32.2. The molecule has 0 amide bonds. The van der Waals surface area contributed by atoms with Crippen molar-refractivity contribution in [1.82, 2.24) is 4.57 Å². The van der Waals surface area contributed by atoms with Crippen LogP contribution in [-0.2, 0) is 28.0 Å². The van der Waals surface area contributed by atoms with Crippen LogP contribution in [0.4, 0.5) is 4.39 Å². The molecule has 1 aromatic heterocycles. The van der Waals surface area contributed by atoms with E-state index in [1.165, 1.54) is 12.1 Å². The summed E-state index contributed by atoms with van der Waals surface area (Å²) < 4.78 is 40.8. The van der Waals surface area contributed by atoms with Gasteiger partial charge < -0.3 is 13.9 Å². The summed E-state index contributed by atoms with van der Waals surface area (Å²) >= 11 is -1.86. The molecular weight excluding hydrogens is 365 g/mol. The van der Waals surface area contributed by atoms with Gasteiger partial charge in [0.2, 0.25) is 0 Å². The Morgan fingerprint density at radius 2 is 1.78 bits per heavy atom. The number of rotatable bonds is 7. The summed E-state index contributed by atoms with van der Waals surface area (Å²) in [6.45, 7) is 2.66. The van der Waals surface area contributed by atoms with E-state index in [0.29, 0.717) is 6.61 Å². The molecule has 3 rings (SSSR count). The van der Waals surface area contributed by atoms with Crippen molar-refractivity contribution in [3.63, 3.8) is 0 Å². The number of benzene rings is 2. The summed E-state index contributed by atoms with van der Waals surface area (Å²) in [4.78, 5) is 0. The highest BCUT2D eigenvalue weighted by molar-refractivity contribution is 7.78. The lowest BCUT2D eigenvalue weighted by molar-refractivity contribution is 0.202. The first-order chi connectivity index (χ1) is 13.0. The average molecular weight is 387 g/mol. The Morgan fingerprint density at radius 1 is 1.11 bits per heavy atom. The minimum absolute atomic E-state index is 0.109. The van der Waals surface area contributed by atoms with Crippen molar-refractivity contribution >= 4 is 11.1 Å². The number of aromatic nitrogens is 1. The lowest BCUT2D eigenvalue weighted by atomic mass is 10.1. The monoisotopic (exact) mass is 387 g/mol. The SMILES string of the molecule is COCCc1cc(-c2ccc(CS(=O)O)cc2)n(-c2ccc(F)cc2)c1C. The first-order valence-corrected chi connectivity index (χ1v) is 9.90. The highest BCUT2D eigenvalue weighted by Crippen LogP contribution is 2.30. The van der Waals surface area contributed by atoms with Gasteiger partial charge in [-0.15, -0.1) is 0 Å². The van der Waals surface area contributed by atoms with E-state index in [2.05, 4.69) is 10.6 Å². The quantitative estimate of drug-likeness (QED) is 0.607. The Balaban J connectivity index is 2.07. The third-order valence-corrected chi connectivity index (χ3v) is 5.13. The van der Waals surface area contributed by atoms with Gasteiger partial charge in [0.05, 0.1) is 18.1 Å². The molecule has 0 fully saturated rings. The van der Waals surface area contributed by atoms with Gasteiger partial charge in [0.25, 0.3) is 0 Å². The smallest absolute Gasteiger partial charge is 0.157 e. The van der Waals surface area contributed by atoms with Crippen molar-refractivity contribution in [1.29, 1.82) is 0 Å². The molecule has 0 saturated carbocycles. The largest absolute Gasteiger partial charge is 0.384 e. The number of hydrogen-bond acceptors (Lipinski definition) is 2. The van der Waals surface area contributed by atoms with Gasteiger partial charge in [0.1, 0.15) is 5.82 Å². The maximum absolute atomic E-state index is 13.4. The lowest BCUT2D eigenvalue weighted by Crippen LogP contribution is -2.01. The predicted molar refractivity (Wildman–Crippen MR) is 106 cm³/mol. The lowest BCUT2D eigenvalue weighted by Gasteiger charge is -2.13. The molecule has 0 bridgehead atoms. The molecule has 1 atom stereocenters. The number of methoxy groups -OCH3 is 1. The summed E-state index contributed by atoms with van der Waals surface area (Å²) in [6.07, 6.45) is 0.783. The van der Waals surface area contributed by atoms with E-state index < -0.39 is 11.1 Å². The Kier molecular flexibility index (Phi) is 6.21. The first-order valence-electron chi connectivity index (χ1n) is 8.62. The van der Waals surface area contributed by atoms with Gasteiger partial charge in [-0.1, -0.05) is 24.3 Å². The van der Waals surface area contributed by atoms with Gasteiger partial charge in [-0.2, -0.15) is 0 Å². The van der Waals surface area contributed by atoms with Crippen LogP contribution in [-0.4, -0.2) is 27.0 Å². The third kappa shape index (κ3) is 4.53. The number of ether oxygens (including phenoxy) is 1. The highest BCUT2D eigenvalue weighted by Gasteiger charge is 2.15. The second-order valence-electron chi connectivity index (χ2n) is 6.36. The van der Waals surface area contributed by atoms with Gasteiger partial charge in [0.15, 0.2) is 11.1 Å². The number of hydrogen-bond donors (Lipinski definition) is 1. The molecule has 27 heavy (non-hydrogen) atoms. The molecule has 0 aliphatic rings. The summed E-state index contributed by atoms with van der Waals surface area (Å²) in [5.41, 5.74) is 5.90. The Morgan fingerprint density at radius 3 is 2.37 bits per heavy atom. The van der Waals surface area contributed by atoms with E-state index in [9.17, 15) is 8.60 Å². The number of nitrogens with zero attached hydrogens (tertiary/aromatic N) is 1. The zero-order valence-electron chi connectivity index (χ0n) is 15.3. The van der Waals surface area contributed by atoms with Crippen LogP contribution in [0.1, 0.15) is 16.8 Å². The molecule has 6 heteroatoms. The van der Waals surface area contributed by atoms with Crippen LogP contribution < -0.4 is 0 Å². The predicted octanol–water partition coefficient (Wildman–Crippen LogP) is 4.50. The number of halogens is 1. The molecule has 0 radical (unpaired) electrons. The standard InChI is InChI=1S/C21H22FNO3S/c1-15-18(11-12-26-2)13-21(23(15)20-9-7-19(22)8-10-20)17-5-3-16(4-6-17)14-27(24)25/h3-10,13H,11-12,14H2,1-2H3,(H,24,25). The molecule has 142 valence electrons. The Hall–Kier alpha value is -2.28. The van der Waals surface area contributed by atoms with Crippen LogP contribution in [0.15, 0.2) is 54.6 Å². The fourth-order valence-corrected chi connectivity index (χ4v) is 3.65. The molecule has 0 aliphatic heterocycles. The molecule has 4 nitrogen and oxygen atoms in total. The zero-order chi connectivity index (χ0) is 19.4. The van der Waals surface area contributed by atoms with Crippen LogP contribution in [0.25, 0.3) is 16.9 Å². The van der Waals surface area contributed by atoms with Crippen molar-refractivity contribution in [2.75, 3.05) is 13.7 Å².